The molecule has 3 amide bonds. The molecule has 0 aromatic heterocycles. The SMILES string of the molecule is CCOc1ccc(N2C(=O)CS[C@@]23C(=O)N(C(=O)CC)c2ccccc23)cc1. The summed E-state index contributed by atoms with van der Waals surface area (Å²) in [7, 11) is 0. The molecule has 6 nitrogen and oxygen atoms in total. The van der Waals surface area contributed by atoms with Crippen LogP contribution in [0.15, 0.2) is 48.5 Å². The molecule has 0 radical (unpaired) electrons. The van der Waals surface area contributed by atoms with E-state index in [4.69, 9.17) is 4.74 Å². The van der Waals surface area contributed by atoms with Gasteiger partial charge in [0.1, 0.15) is 5.75 Å². The van der Waals surface area contributed by atoms with E-state index in [1.807, 2.05) is 19.1 Å². The number of hydrogen-bond acceptors (Lipinski definition) is 5. The number of thioether (sulfide) groups is 1. The lowest BCUT2D eigenvalue weighted by Gasteiger charge is -2.33. The fourth-order valence-corrected chi connectivity index (χ4v) is 5.09. The van der Waals surface area contributed by atoms with Crippen LogP contribution in [0.25, 0.3) is 0 Å². The molecule has 28 heavy (non-hydrogen) atoms. The van der Waals surface area contributed by atoms with E-state index < -0.39 is 4.87 Å². The van der Waals surface area contributed by atoms with Gasteiger partial charge in [-0.2, -0.15) is 0 Å². The third-order valence-corrected chi connectivity index (χ3v) is 6.32. The second-order valence-electron chi connectivity index (χ2n) is 6.49. The minimum Gasteiger partial charge on any atom is -0.494 e. The van der Waals surface area contributed by atoms with Crippen LogP contribution >= 0.6 is 11.8 Å². The molecule has 2 heterocycles. The molecule has 144 valence electrons. The highest BCUT2D eigenvalue weighted by Gasteiger charge is 2.61. The summed E-state index contributed by atoms with van der Waals surface area (Å²) in [6, 6.07) is 14.3. The summed E-state index contributed by atoms with van der Waals surface area (Å²) in [4.78, 5) is 40.5. The summed E-state index contributed by atoms with van der Waals surface area (Å²) in [5.41, 5.74) is 1.83. The zero-order valence-electron chi connectivity index (χ0n) is 15.7. The van der Waals surface area contributed by atoms with Crippen molar-refractivity contribution in [2.45, 2.75) is 25.1 Å². The van der Waals surface area contributed by atoms with E-state index in [1.54, 1.807) is 43.3 Å². The first-order valence-corrected chi connectivity index (χ1v) is 10.2. The van der Waals surface area contributed by atoms with Crippen LogP contribution in [-0.4, -0.2) is 30.1 Å². The monoisotopic (exact) mass is 396 g/mol. The molecule has 2 aliphatic heterocycles. The van der Waals surface area contributed by atoms with Crippen molar-refractivity contribution >= 4 is 40.9 Å². The van der Waals surface area contributed by atoms with Crippen molar-refractivity contribution in [2.24, 2.45) is 0 Å². The average molecular weight is 396 g/mol. The molecule has 1 saturated heterocycles. The van der Waals surface area contributed by atoms with Crippen molar-refractivity contribution in [1.29, 1.82) is 0 Å². The second kappa shape index (κ2) is 6.98. The van der Waals surface area contributed by atoms with E-state index >= 15 is 0 Å². The lowest BCUT2D eigenvalue weighted by molar-refractivity contribution is -0.128. The van der Waals surface area contributed by atoms with Gasteiger partial charge in [0.15, 0.2) is 0 Å². The number of carbonyl (C=O) groups is 3. The van der Waals surface area contributed by atoms with E-state index in [9.17, 15) is 14.4 Å². The number of benzene rings is 2. The maximum Gasteiger partial charge on any atom is 0.275 e. The topological polar surface area (TPSA) is 66.9 Å². The number of amides is 3. The van der Waals surface area contributed by atoms with E-state index in [0.29, 0.717) is 29.3 Å². The van der Waals surface area contributed by atoms with Crippen LogP contribution in [0, 0.1) is 0 Å². The van der Waals surface area contributed by atoms with Crippen molar-refractivity contribution in [3.8, 4) is 5.75 Å². The predicted molar refractivity (Wildman–Crippen MR) is 108 cm³/mol. The predicted octanol–water partition coefficient (Wildman–Crippen LogP) is 3.30. The fraction of sp³-hybridized carbons (Fsp3) is 0.286. The van der Waals surface area contributed by atoms with Crippen LogP contribution in [0.3, 0.4) is 0 Å². The van der Waals surface area contributed by atoms with E-state index in [-0.39, 0.29) is 29.9 Å². The van der Waals surface area contributed by atoms with Gasteiger partial charge in [-0.3, -0.25) is 19.3 Å². The van der Waals surface area contributed by atoms with Gasteiger partial charge in [-0.25, -0.2) is 4.90 Å². The van der Waals surface area contributed by atoms with Gasteiger partial charge in [-0.05, 0) is 37.3 Å². The molecule has 4 rings (SSSR count). The first kappa shape index (κ1) is 18.6. The molecule has 0 saturated carbocycles. The molecular formula is C21H20N2O4S. The Morgan fingerprint density at radius 2 is 1.82 bits per heavy atom. The van der Waals surface area contributed by atoms with Gasteiger partial charge in [0.25, 0.3) is 5.91 Å². The minimum atomic E-state index is -1.26. The second-order valence-corrected chi connectivity index (χ2v) is 7.66. The molecular weight excluding hydrogens is 376 g/mol. The number of ether oxygens (including phenoxy) is 1. The number of carbonyl (C=O) groups excluding carboxylic acids is 3. The maximum absolute atomic E-state index is 13.6. The Balaban J connectivity index is 1.86. The Kier molecular flexibility index (Phi) is 4.63. The number of nitrogens with zero attached hydrogens (tertiary/aromatic N) is 2. The molecule has 1 fully saturated rings. The summed E-state index contributed by atoms with van der Waals surface area (Å²) in [6.07, 6.45) is 0.206. The van der Waals surface area contributed by atoms with Crippen LogP contribution in [0.5, 0.6) is 5.75 Å². The maximum atomic E-state index is 13.6. The van der Waals surface area contributed by atoms with E-state index in [1.165, 1.54) is 21.6 Å². The number of fused-ring (bicyclic) bond motifs is 2. The minimum absolute atomic E-state index is 0.164. The summed E-state index contributed by atoms with van der Waals surface area (Å²) < 4.78 is 5.48. The van der Waals surface area contributed by atoms with Crippen LogP contribution in [-0.2, 0) is 19.3 Å². The molecule has 0 N–H and O–H groups in total. The number of hydrogen-bond donors (Lipinski definition) is 0. The Morgan fingerprint density at radius 1 is 1.11 bits per heavy atom. The van der Waals surface area contributed by atoms with Crippen LogP contribution in [0.4, 0.5) is 11.4 Å². The molecule has 0 unspecified atom stereocenters. The highest BCUT2D eigenvalue weighted by molar-refractivity contribution is 8.02. The van der Waals surface area contributed by atoms with Gasteiger partial charge in [-0.1, -0.05) is 25.1 Å². The zero-order valence-corrected chi connectivity index (χ0v) is 16.5. The van der Waals surface area contributed by atoms with Crippen molar-refractivity contribution in [2.75, 3.05) is 22.2 Å². The molecule has 1 atom stereocenters. The Labute approximate surface area is 167 Å². The first-order valence-electron chi connectivity index (χ1n) is 9.21. The molecule has 2 aromatic carbocycles. The smallest absolute Gasteiger partial charge is 0.275 e. The van der Waals surface area contributed by atoms with Crippen molar-refractivity contribution in [3.05, 3.63) is 54.1 Å². The highest BCUT2D eigenvalue weighted by Crippen LogP contribution is 2.55. The molecule has 0 bridgehead atoms. The van der Waals surface area contributed by atoms with E-state index in [2.05, 4.69) is 0 Å². The molecule has 1 spiro atoms. The summed E-state index contributed by atoms with van der Waals surface area (Å²) in [5, 5.41) is 0. The quantitative estimate of drug-likeness (QED) is 0.793. The number of rotatable bonds is 4. The lowest BCUT2D eigenvalue weighted by atomic mass is 10.0. The van der Waals surface area contributed by atoms with Gasteiger partial charge < -0.3 is 4.74 Å². The first-order chi connectivity index (χ1) is 13.5. The van der Waals surface area contributed by atoms with Gasteiger partial charge in [-0.15, -0.1) is 11.8 Å². The normalized spacial score (nSPS) is 20.8. The van der Waals surface area contributed by atoms with Crippen molar-refractivity contribution in [1.82, 2.24) is 0 Å². The molecule has 2 aromatic rings. The summed E-state index contributed by atoms with van der Waals surface area (Å²) in [6.45, 7) is 4.17. The third-order valence-electron chi connectivity index (χ3n) is 4.93. The molecule has 7 heteroatoms. The average Bonchev–Trinajstić information content (AvgIpc) is 3.18. The van der Waals surface area contributed by atoms with Gasteiger partial charge in [0, 0.05) is 17.7 Å². The standard InChI is InChI=1S/C21H20N2O4S/c1-3-18(24)22-17-8-6-5-7-16(17)21(20(22)26)23(19(25)13-28-21)14-9-11-15(12-10-14)27-4-2/h5-12H,3-4,13H2,1-2H3/t21-/m0/s1. The molecule has 0 aliphatic carbocycles. The zero-order chi connectivity index (χ0) is 19.9. The van der Waals surface area contributed by atoms with Gasteiger partial charge in [0.05, 0.1) is 18.0 Å². The fourth-order valence-electron chi connectivity index (χ4n) is 3.75. The van der Waals surface area contributed by atoms with Crippen LogP contribution in [0.1, 0.15) is 25.8 Å². The van der Waals surface area contributed by atoms with Crippen LogP contribution < -0.4 is 14.5 Å². The molecule has 2 aliphatic rings. The highest BCUT2D eigenvalue weighted by atomic mass is 32.2. The number of anilines is 2. The van der Waals surface area contributed by atoms with Gasteiger partial charge in [0.2, 0.25) is 16.7 Å². The summed E-state index contributed by atoms with van der Waals surface area (Å²) >= 11 is 1.26. The number of imide groups is 1. The Bertz CT molecular complexity index is 959. The summed E-state index contributed by atoms with van der Waals surface area (Å²) in [5.74, 6) is 0.0383. The number of para-hydroxylation sites is 1. The Hall–Kier alpha value is -2.80. The van der Waals surface area contributed by atoms with E-state index in [0.717, 1.165) is 0 Å². The Morgan fingerprint density at radius 3 is 2.50 bits per heavy atom. The van der Waals surface area contributed by atoms with Crippen molar-refractivity contribution < 1.29 is 19.1 Å². The van der Waals surface area contributed by atoms with Gasteiger partial charge >= 0.3 is 0 Å². The largest absolute Gasteiger partial charge is 0.494 e. The third kappa shape index (κ3) is 2.53. The van der Waals surface area contributed by atoms with Crippen LogP contribution in [0.2, 0.25) is 0 Å². The lowest BCUT2D eigenvalue weighted by Crippen LogP contribution is -2.50. The van der Waals surface area contributed by atoms with Crippen molar-refractivity contribution in [3.63, 3.8) is 0 Å².